The van der Waals surface area contributed by atoms with Crippen LogP contribution in [0.5, 0.6) is 0 Å². The van der Waals surface area contributed by atoms with Crippen molar-refractivity contribution in [2.24, 2.45) is 5.92 Å². The quantitative estimate of drug-likeness (QED) is 0.493. The highest BCUT2D eigenvalue weighted by Gasteiger charge is 2.38. The molecule has 0 radical (unpaired) electrons. The van der Waals surface area contributed by atoms with Crippen molar-refractivity contribution in [3.63, 3.8) is 0 Å². The summed E-state index contributed by atoms with van der Waals surface area (Å²) in [5, 5.41) is 21.6. The Bertz CT molecular complexity index is 1320. The molecule has 1 saturated carbocycles. The molecule has 1 aliphatic heterocycles. The number of aromatic nitrogens is 2. The summed E-state index contributed by atoms with van der Waals surface area (Å²) in [6, 6.07) is 13.6. The number of ether oxygens (including phenoxy) is 1. The number of nitrogens with zero attached hydrogens (tertiary/aromatic N) is 3. The third-order valence-corrected chi connectivity index (χ3v) is 8.06. The largest absolute Gasteiger partial charge is 0.481 e. The minimum atomic E-state index is -1.28. The standard InChI is InChI=1S/C29H35N3O5/c1-18-12-13-22-23(31(18)28(35)37-3)14-15-24-25(22)30-27(29(2,36)17-19-8-5-4-6-9-19)32(24)21-11-7-10-20(16-21)26(33)34/h4-6,8-9,14-15,18,20-21,36H,7,10-13,16-17H2,1-3H3,(H,33,34)/t18-,20?,21?,29?/m0/s1. The van der Waals surface area contributed by atoms with Crippen LogP contribution in [0.15, 0.2) is 42.5 Å². The Morgan fingerprint density at radius 1 is 1.14 bits per heavy atom. The van der Waals surface area contributed by atoms with Crippen molar-refractivity contribution in [3.8, 4) is 0 Å². The summed E-state index contributed by atoms with van der Waals surface area (Å²) in [5.74, 6) is -0.651. The molecule has 1 amide bonds. The summed E-state index contributed by atoms with van der Waals surface area (Å²) in [7, 11) is 1.39. The number of hydrogen-bond donors (Lipinski definition) is 2. The molecule has 1 aromatic heterocycles. The lowest BCUT2D eigenvalue weighted by atomic mass is 9.85. The first kappa shape index (κ1) is 25.3. The predicted molar refractivity (Wildman–Crippen MR) is 141 cm³/mol. The lowest BCUT2D eigenvalue weighted by Gasteiger charge is -2.34. The number of aliphatic hydroxyl groups is 1. The Morgan fingerprint density at radius 3 is 2.59 bits per heavy atom. The Balaban J connectivity index is 1.68. The van der Waals surface area contributed by atoms with Gasteiger partial charge < -0.3 is 19.5 Å². The van der Waals surface area contributed by atoms with Crippen LogP contribution < -0.4 is 4.90 Å². The van der Waals surface area contributed by atoms with Gasteiger partial charge in [0.15, 0.2) is 0 Å². The molecule has 8 heteroatoms. The van der Waals surface area contributed by atoms with Gasteiger partial charge in [0.1, 0.15) is 11.4 Å². The minimum Gasteiger partial charge on any atom is -0.481 e. The van der Waals surface area contributed by atoms with E-state index in [2.05, 4.69) is 4.57 Å². The van der Waals surface area contributed by atoms with Gasteiger partial charge in [-0.3, -0.25) is 9.69 Å². The van der Waals surface area contributed by atoms with E-state index >= 15 is 0 Å². The number of hydrogen-bond acceptors (Lipinski definition) is 5. The second-order valence-electron chi connectivity index (χ2n) is 10.8. The fourth-order valence-electron chi connectivity index (χ4n) is 6.22. The van der Waals surface area contributed by atoms with E-state index in [-0.39, 0.29) is 12.1 Å². The van der Waals surface area contributed by atoms with E-state index in [1.165, 1.54) is 7.11 Å². The first-order valence-corrected chi connectivity index (χ1v) is 13.1. The normalized spacial score (nSPS) is 23.4. The molecule has 196 valence electrons. The second kappa shape index (κ2) is 9.82. The van der Waals surface area contributed by atoms with Gasteiger partial charge in [-0.2, -0.15) is 0 Å². The maximum atomic E-state index is 12.6. The van der Waals surface area contributed by atoms with Crippen molar-refractivity contribution >= 4 is 28.8 Å². The fraction of sp³-hybridized carbons (Fsp3) is 0.483. The van der Waals surface area contributed by atoms with E-state index in [1.807, 2.05) is 49.4 Å². The molecule has 0 saturated heterocycles. The van der Waals surface area contributed by atoms with E-state index < -0.39 is 23.6 Å². The van der Waals surface area contributed by atoms with Gasteiger partial charge in [-0.05, 0) is 63.6 Å². The van der Waals surface area contributed by atoms with Crippen LogP contribution in [0, 0.1) is 5.92 Å². The van der Waals surface area contributed by atoms with Gasteiger partial charge in [-0.15, -0.1) is 0 Å². The van der Waals surface area contributed by atoms with Crippen LogP contribution in [0.3, 0.4) is 0 Å². The topological polar surface area (TPSA) is 105 Å². The van der Waals surface area contributed by atoms with Gasteiger partial charge in [-0.1, -0.05) is 36.8 Å². The summed E-state index contributed by atoms with van der Waals surface area (Å²) in [4.78, 5) is 31.3. The number of carboxylic acids is 1. The first-order valence-electron chi connectivity index (χ1n) is 13.1. The number of carboxylic acid groups (broad SMARTS) is 1. The molecule has 1 aliphatic carbocycles. The molecule has 5 rings (SSSR count). The van der Waals surface area contributed by atoms with Crippen LogP contribution >= 0.6 is 0 Å². The zero-order chi connectivity index (χ0) is 26.3. The van der Waals surface area contributed by atoms with Gasteiger partial charge in [-0.25, -0.2) is 9.78 Å². The van der Waals surface area contributed by atoms with Crippen LogP contribution in [0.4, 0.5) is 10.5 Å². The van der Waals surface area contributed by atoms with Crippen molar-refractivity contribution in [2.45, 2.75) is 76.5 Å². The number of aryl methyl sites for hydroxylation is 1. The average Bonchev–Trinajstić information content (AvgIpc) is 3.29. The second-order valence-corrected chi connectivity index (χ2v) is 10.8. The summed E-state index contributed by atoms with van der Waals surface area (Å²) in [6.45, 7) is 3.79. The number of rotatable bonds is 5. The number of carbonyl (C=O) groups excluding carboxylic acids is 1. The molecule has 0 bridgehead atoms. The SMILES string of the molecule is COC(=O)N1c2ccc3c(nc(C(C)(O)Cc4ccccc4)n3C3CCCC(C(=O)O)C3)c2CC[C@@H]1C. The van der Waals surface area contributed by atoms with Crippen molar-refractivity contribution < 1.29 is 24.5 Å². The molecule has 4 atom stereocenters. The lowest BCUT2D eigenvalue weighted by Crippen LogP contribution is -2.42. The molecule has 1 fully saturated rings. The maximum Gasteiger partial charge on any atom is 0.414 e. The monoisotopic (exact) mass is 505 g/mol. The van der Waals surface area contributed by atoms with E-state index in [9.17, 15) is 19.8 Å². The van der Waals surface area contributed by atoms with Crippen LogP contribution in [0.25, 0.3) is 11.0 Å². The van der Waals surface area contributed by atoms with Crippen molar-refractivity contribution in [2.75, 3.05) is 12.0 Å². The smallest absolute Gasteiger partial charge is 0.414 e. The molecular formula is C29H35N3O5. The average molecular weight is 506 g/mol. The van der Waals surface area contributed by atoms with E-state index in [0.717, 1.165) is 53.5 Å². The van der Waals surface area contributed by atoms with Crippen molar-refractivity contribution in [3.05, 3.63) is 59.4 Å². The highest BCUT2D eigenvalue weighted by Crippen LogP contribution is 2.42. The number of methoxy groups -OCH3 is 1. The minimum absolute atomic E-state index is 0.00480. The van der Waals surface area contributed by atoms with Gasteiger partial charge in [0.05, 0.1) is 29.7 Å². The van der Waals surface area contributed by atoms with E-state index in [4.69, 9.17) is 9.72 Å². The summed E-state index contributed by atoms with van der Waals surface area (Å²) in [5.41, 5.74) is 3.08. The van der Waals surface area contributed by atoms with Gasteiger partial charge in [0.2, 0.25) is 0 Å². The van der Waals surface area contributed by atoms with Crippen molar-refractivity contribution in [1.29, 1.82) is 0 Å². The molecule has 2 aliphatic rings. The fourth-order valence-corrected chi connectivity index (χ4v) is 6.22. The highest BCUT2D eigenvalue weighted by atomic mass is 16.5. The summed E-state index contributed by atoms with van der Waals surface area (Å²) < 4.78 is 7.17. The molecule has 0 spiro atoms. The van der Waals surface area contributed by atoms with Gasteiger partial charge in [0, 0.05) is 24.1 Å². The number of aliphatic carboxylic acids is 1. The number of benzene rings is 2. The Labute approximate surface area is 216 Å². The Morgan fingerprint density at radius 2 is 1.89 bits per heavy atom. The van der Waals surface area contributed by atoms with Crippen LogP contribution in [-0.2, 0) is 28.0 Å². The van der Waals surface area contributed by atoms with Gasteiger partial charge >= 0.3 is 12.1 Å². The zero-order valence-corrected chi connectivity index (χ0v) is 21.7. The Kier molecular flexibility index (Phi) is 6.70. The summed E-state index contributed by atoms with van der Waals surface area (Å²) >= 11 is 0. The molecule has 2 N–H and O–H groups in total. The molecule has 3 aromatic rings. The number of amides is 1. The predicted octanol–water partition coefficient (Wildman–Crippen LogP) is 5.21. The maximum absolute atomic E-state index is 12.6. The van der Waals surface area contributed by atoms with Crippen LogP contribution in [-0.4, -0.2) is 45.0 Å². The van der Waals surface area contributed by atoms with Crippen LogP contribution in [0.1, 0.15) is 68.9 Å². The molecule has 2 aromatic carbocycles. The number of carbonyl (C=O) groups is 2. The molecular weight excluding hydrogens is 470 g/mol. The van der Waals surface area contributed by atoms with E-state index in [1.54, 1.807) is 11.8 Å². The Hall–Kier alpha value is -3.39. The summed E-state index contributed by atoms with van der Waals surface area (Å²) in [6.07, 6.45) is 4.29. The number of fused-ring (bicyclic) bond motifs is 3. The van der Waals surface area contributed by atoms with Crippen LogP contribution in [0.2, 0.25) is 0 Å². The molecule has 3 unspecified atom stereocenters. The third-order valence-electron chi connectivity index (χ3n) is 8.06. The zero-order valence-electron chi connectivity index (χ0n) is 21.7. The number of anilines is 1. The van der Waals surface area contributed by atoms with Crippen molar-refractivity contribution in [1.82, 2.24) is 9.55 Å². The molecule has 37 heavy (non-hydrogen) atoms. The highest BCUT2D eigenvalue weighted by molar-refractivity contribution is 5.95. The first-order chi connectivity index (χ1) is 17.7. The van der Waals surface area contributed by atoms with E-state index in [0.29, 0.717) is 25.1 Å². The number of imidazole rings is 1. The molecule has 2 heterocycles. The van der Waals surface area contributed by atoms with Gasteiger partial charge in [0.25, 0.3) is 0 Å². The molecule has 8 nitrogen and oxygen atoms in total. The third kappa shape index (κ3) is 4.59. The lowest BCUT2D eigenvalue weighted by molar-refractivity contribution is -0.143.